The third kappa shape index (κ3) is 3.50. The van der Waals surface area contributed by atoms with Crippen molar-refractivity contribution in [2.24, 2.45) is 0 Å². The van der Waals surface area contributed by atoms with Crippen LogP contribution in [-0.2, 0) is 6.18 Å². The Morgan fingerprint density at radius 1 is 1.44 bits per heavy atom. The fourth-order valence-electron chi connectivity index (χ4n) is 0.996. The molecule has 0 saturated heterocycles. The van der Waals surface area contributed by atoms with Gasteiger partial charge in [0.25, 0.3) is 0 Å². The molecule has 0 unspecified atom stereocenters. The van der Waals surface area contributed by atoms with E-state index in [1.165, 1.54) is 6.08 Å². The molecule has 16 heavy (non-hydrogen) atoms. The first-order valence-electron chi connectivity index (χ1n) is 4.45. The van der Waals surface area contributed by atoms with Gasteiger partial charge in [-0.25, -0.2) is 0 Å². The number of hydrogen-bond donors (Lipinski definition) is 1. The Balaban J connectivity index is 2.92. The van der Waals surface area contributed by atoms with Crippen LogP contribution < -0.4 is 0 Å². The lowest BCUT2D eigenvalue weighted by molar-refractivity contribution is -0.137. The van der Waals surface area contributed by atoms with Gasteiger partial charge in [-0.1, -0.05) is 17.7 Å². The van der Waals surface area contributed by atoms with E-state index in [2.05, 4.69) is 4.98 Å². The van der Waals surface area contributed by atoms with E-state index in [9.17, 15) is 13.2 Å². The molecule has 0 atom stereocenters. The fraction of sp³-hybridized carbons (Fsp3) is 0.300. The molecule has 0 spiro atoms. The van der Waals surface area contributed by atoms with E-state index in [-0.39, 0.29) is 17.3 Å². The summed E-state index contributed by atoms with van der Waals surface area (Å²) < 4.78 is 36.8. The number of aliphatic hydroxyl groups is 1. The Hall–Kier alpha value is -1.07. The second kappa shape index (κ2) is 5.32. The number of hydrogen-bond acceptors (Lipinski definition) is 2. The maximum atomic E-state index is 12.3. The number of pyridine rings is 1. The highest BCUT2D eigenvalue weighted by Gasteiger charge is 2.31. The van der Waals surface area contributed by atoms with E-state index in [4.69, 9.17) is 16.7 Å². The van der Waals surface area contributed by atoms with E-state index in [0.29, 0.717) is 6.42 Å². The predicted octanol–water partition coefficient (Wildman–Crippen LogP) is 3.15. The van der Waals surface area contributed by atoms with Gasteiger partial charge in [0.05, 0.1) is 16.3 Å². The Morgan fingerprint density at radius 2 is 2.12 bits per heavy atom. The van der Waals surface area contributed by atoms with Gasteiger partial charge in [-0.15, -0.1) is 0 Å². The van der Waals surface area contributed by atoms with Gasteiger partial charge in [-0.2, -0.15) is 13.2 Å². The highest BCUT2D eigenvalue weighted by atomic mass is 35.5. The number of aliphatic hydroxyl groups excluding tert-OH is 1. The molecular weight excluding hydrogens is 243 g/mol. The lowest BCUT2D eigenvalue weighted by Crippen LogP contribution is -2.05. The summed E-state index contributed by atoms with van der Waals surface area (Å²) in [6.45, 7) is -0.0330. The summed E-state index contributed by atoms with van der Waals surface area (Å²) in [5, 5.41) is 8.45. The second-order valence-corrected chi connectivity index (χ2v) is 3.41. The third-order valence-corrected chi connectivity index (χ3v) is 2.07. The molecule has 6 heteroatoms. The minimum absolute atomic E-state index is 0.0330. The van der Waals surface area contributed by atoms with E-state index in [1.54, 1.807) is 6.08 Å². The monoisotopic (exact) mass is 251 g/mol. The molecule has 0 aliphatic heterocycles. The number of nitrogens with zero attached hydrogens (tertiary/aromatic N) is 1. The summed E-state index contributed by atoms with van der Waals surface area (Å²) in [7, 11) is 0. The summed E-state index contributed by atoms with van der Waals surface area (Å²) in [6.07, 6.45) is -0.256. The highest BCUT2D eigenvalue weighted by molar-refractivity contribution is 6.31. The molecule has 1 rings (SSSR count). The topological polar surface area (TPSA) is 33.1 Å². The van der Waals surface area contributed by atoms with Gasteiger partial charge in [-0.3, -0.25) is 4.98 Å². The van der Waals surface area contributed by atoms with Gasteiger partial charge in [0, 0.05) is 12.8 Å². The molecule has 1 N–H and O–H groups in total. The van der Waals surface area contributed by atoms with Crippen LogP contribution in [0.3, 0.4) is 0 Å². The van der Waals surface area contributed by atoms with E-state index < -0.39 is 11.7 Å². The molecule has 2 nitrogen and oxygen atoms in total. The SMILES string of the molecule is OCCC=Cc1ncc(C(F)(F)F)cc1Cl. The van der Waals surface area contributed by atoms with Crippen LogP contribution >= 0.6 is 11.6 Å². The maximum absolute atomic E-state index is 12.3. The van der Waals surface area contributed by atoms with Crippen molar-refractivity contribution in [2.75, 3.05) is 6.61 Å². The standard InChI is InChI=1S/C10H9ClF3NO/c11-8-5-7(10(12,13)14)6-15-9(8)3-1-2-4-16/h1,3,5-6,16H,2,4H2. The summed E-state index contributed by atoms with van der Waals surface area (Å²) >= 11 is 5.64. The first kappa shape index (κ1) is 13.0. The Kier molecular flexibility index (Phi) is 4.32. The number of halogens is 4. The van der Waals surface area contributed by atoms with Crippen LogP contribution in [-0.4, -0.2) is 16.7 Å². The van der Waals surface area contributed by atoms with E-state index >= 15 is 0 Å². The molecule has 0 saturated carbocycles. The van der Waals surface area contributed by atoms with Gasteiger partial charge in [0.2, 0.25) is 0 Å². The van der Waals surface area contributed by atoms with Crippen molar-refractivity contribution >= 4 is 17.7 Å². The zero-order valence-corrected chi connectivity index (χ0v) is 8.89. The lowest BCUT2D eigenvalue weighted by atomic mass is 10.2. The zero-order chi connectivity index (χ0) is 12.2. The molecule has 0 aromatic carbocycles. The van der Waals surface area contributed by atoms with Crippen LogP contribution in [0, 0.1) is 0 Å². The third-order valence-electron chi connectivity index (χ3n) is 1.77. The largest absolute Gasteiger partial charge is 0.417 e. The van der Waals surface area contributed by atoms with Crippen molar-refractivity contribution in [3.8, 4) is 0 Å². The number of alkyl halides is 3. The zero-order valence-electron chi connectivity index (χ0n) is 8.13. The molecule has 0 amide bonds. The van der Waals surface area contributed by atoms with Crippen molar-refractivity contribution < 1.29 is 18.3 Å². The minimum Gasteiger partial charge on any atom is -0.396 e. The van der Waals surface area contributed by atoms with Crippen LogP contribution in [0.15, 0.2) is 18.3 Å². The summed E-state index contributed by atoms with van der Waals surface area (Å²) in [4.78, 5) is 3.60. The average Bonchev–Trinajstić information content (AvgIpc) is 2.19. The fourth-order valence-corrected chi connectivity index (χ4v) is 1.22. The highest BCUT2D eigenvalue weighted by Crippen LogP contribution is 2.31. The predicted molar refractivity (Wildman–Crippen MR) is 55.0 cm³/mol. The van der Waals surface area contributed by atoms with E-state index in [0.717, 1.165) is 12.3 Å². The molecule has 1 aromatic rings. The number of rotatable bonds is 3. The average molecular weight is 252 g/mol. The second-order valence-electron chi connectivity index (χ2n) is 3.00. The van der Waals surface area contributed by atoms with Crippen molar-refractivity contribution in [1.82, 2.24) is 4.98 Å². The first-order chi connectivity index (χ1) is 7.45. The summed E-state index contributed by atoms with van der Waals surface area (Å²) in [6, 6.07) is 0.827. The van der Waals surface area contributed by atoms with Gasteiger partial charge < -0.3 is 5.11 Å². The molecule has 0 aliphatic rings. The van der Waals surface area contributed by atoms with Crippen molar-refractivity contribution in [3.63, 3.8) is 0 Å². The molecule has 0 bridgehead atoms. The first-order valence-corrected chi connectivity index (χ1v) is 4.83. The molecule has 1 aromatic heterocycles. The van der Waals surface area contributed by atoms with Gasteiger partial charge in [0.1, 0.15) is 0 Å². The van der Waals surface area contributed by atoms with Crippen molar-refractivity contribution in [2.45, 2.75) is 12.6 Å². The minimum atomic E-state index is -4.44. The summed E-state index contributed by atoms with van der Waals surface area (Å²) in [5.41, 5.74) is -0.625. The maximum Gasteiger partial charge on any atom is 0.417 e. The molecule has 1 heterocycles. The van der Waals surface area contributed by atoms with Gasteiger partial charge in [-0.05, 0) is 18.6 Å². The Bertz CT molecular complexity index is 390. The van der Waals surface area contributed by atoms with E-state index in [1.807, 2.05) is 0 Å². The van der Waals surface area contributed by atoms with Crippen LogP contribution in [0.25, 0.3) is 6.08 Å². The Morgan fingerprint density at radius 3 is 2.62 bits per heavy atom. The van der Waals surface area contributed by atoms with Crippen molar-refractivity contribution in [3.05, 3.63) is 34.6 Å². The van der Waals surface area contributed by atoms with Crippen molar-refractivity contribution in [1.29, 1.82) is 0 Å². The molecule has 0 aliphatic carbocycles. The number of aromatic nitrogens is 1. The van der Waals surface area contributed by atoms with Crippen LogP contribution in [0.1, 0.15) is 17.7 Å². The van der Waals surface area contributed by atoms with Gasteiger partial charge >= 0.3 is 6.18 Å². The lowest BCUT2D eigenvalue weighted by Gasteiger charge is -2.07. The smallest absolute Gasteiger partial charge is 0.396 e. The quantitative estimate of drug-likeness (QED) is 0.895. The molecule has 88 valence electrons. The van der Waals surface area contributed by atoms with Crippen LogP contribution in [0.5, 0.6) is 0 Å². The van der Waals surface area contributed by atoms with Crippen LogP contribution in [0.4, 0.5) is 13.2 Å². The molecule has 0 fully saturated rings. The normalized spacial score (nSPS) is 12.3. The summed E-state index contributed by atoms with van der Waals surface area (Å²) in [5.74, 6) is 0. The van der Waals surface area contributed by atoms with Crippen LogP contribution in [0.2, 0.25) is 5.02 Å². The molecular formula is C10H9ClF3NO. The molecule has 0 radical (unpaired) electrons. The Labute approximate surface area is 95.4 Å². The van der Waals surface area contributed by atoms with Gasteiger partial charge in [0.15, 0.2) is 0 Å².